The van der Waals surface area contributed by atoms with Gasteiger partial charge in [-0.2, -0.15) is 0 Å². The van der Waals surface area contributed by atoms with Gasteiger partial charge in [0.25, 0.3) is 0 Å². The van der Waals surface area contributed by atoms with Gasteiger partial charge in [0.15, 0.2) is 0 Å². The van der Waals surface area contributed by atoms with Gasteiger partial charge in [0.05, 0.1) is 13.7 Å². The van der Waals surface area contributed by atoms with Gasteiger partial charge in [-0.1, -0.05) is 12.1 Å². The molecule has 0 aliphatic heterocycles. The highest BCUT2D eigenvalue weighted by molar-refractivity contribution is 6.00. The van der Waals surface area contributed by atoms with E-state index in [0.717, 1.165) is 28.9 Å². The van der Waals surface area contributed by atoms with E-state index < -0.39 is 0 Å². The molecule has 0 atom stereocenters. The second-order valence-corrected chi connectivity index (χ2v) is 5.37. The van der Waals surface area contributed by atoms with Gasteiger partial charge in [-0.25, -0.2) is 4.79 Å². The number of hydrogen-bond acceptors (Lipinski definition) is 4. The van der Waals surface area contributed by atoms with Gasteiger partial charge in [0, 0.05) is 25.4 Å². The highest BCUT2D eigenvalue weighted by Gasteiger charge is 2.22. The molecule has 1 aliphatic rings. The Bertz CT molecular complexity index is 597. The lowest BCUT2D eigenvalue weighted by atomic mass is 9.90. The summed E-state index contributed by atoms with van der Waals surface area (Å²) in [4.78, 5) is 14.3. The third-order valence-corrected chi connectivity index (χ3v) is 3.76. The summed E-state index contributed by atoms with van der Waals surface area (Å²) >= 11 is 0. The Hall–Kier alpha value is -2.23. The Morgan fingerprint density at radius 1 is 1.18 bits per heavy atom. The average Bonchev–Trinajstić information content (AvgIpc) is 2.54. The minimum absolute atomic E-state index is 0.220. The van der Waals surface area contributed by atoms with Crippen molar-refractivity contribution >= 4 is 11.5 Å². The van der Waals surface area contributed by atoms with Crippen LogP contribution >= 0.6 is 0 Å². The zero-order chi connectivity index (χ0) is 16.1. The van der Waals surface area contributed by atoms with Crippen LogP contribution in [0.2, 0.25) is 0 Å². The zero-order valence-corrected chi connectivity index (χ0v) is 13.7. The van der Waals surface area contributed by atoms with Gasteiger partial charge in [-0.3, -0.25) is 0 Å². The van der Waals surface area contributed by atoms with Crippen molar-refractivity contribution in [3.8, 4) is 5.75 Å². The summed E-state index contributed by atoms with van der Waals surface area (Å²) in [5, 5.41) is 0. The molecule has 4 heteroatoms. The summed E-state index contributed by atoms with van der Waals surface area (Å²) < 4.78 is 10.4. The molecule has 0 fully saturated rings. The maximum atomic E-state index is 12.2. The van der Waals surface area contributed by atoms with Crippen LogP contribution in [0.5, 0.6) is 5.75 Å². The second kappa shape index (κ2) is 7.16. The van der Waals surface area contributed by atoms with E-state index in [2.05, 4.69) is 11.0 Å². The van der Waals surface area contributed by atoms with E-state index in [1.165, 1.54) is 5.70 Å². The molecule has 1 aromatic carbocycles. The molecule has 0 amide bonds. The van der Waals surface area contributed by atoms with Gasteiger partial charge < -0.3 is 14.4 Å². The SMILES string of the molecule is CCOC(=O)C1=C(c2ccc(OC)cc2)C=C(N(C)C)CC1. The number of nitrogens with zero attached hydrogens (tertiary/aromatic N) is 1. The minimum Gasteiger partial charge on any atom is -0.497 e. The Labute approximate surface area is 132 Å². The molecule has 0 saturated heterocycles. The Morgan fingerprint density at radius 3 is 2.41 bits per heavy atom. The number of benzene rings is 1. The van der Waals surface area contributed by atoms with Gasteiger partial charge >= 0.3 is 5.97 Å². The van der Waals surface area contributed by atoms with E-state index in [4.69, 9.17) is 9.47 Å². The lowest BCUT2D eigenvalue weighted by Gasteiger charge is -2.24. The number of allylic oxidation sites excluding steroid dienone is 3. The number of carbonyl (C=O) groups is 1. The van der Waals surface area contributed by atoms with Gasteiger partial charge in [-0.05, 0) is 49.1 Å². The van der Waals surface area contributed by atoms with Crippen molar-refractivity contribution in [2.24, 2.45) is 0 Å². The summed E-state index contributed by atoms with van der Waals surface area (Å²) in [5.74, 6) is 0.581. The number of methoxy groups -OCH3 is 1. The van der Waals surface area contributed by atoms with Gasteiger partial charge in [0.1, 0.15) is 5.75 Å². The predicted octanol–water partition coefficient (Wildman–Crippen LogP) is 3.25. The van der Waals surface area contributed by atoms with Crippen molar-refractivity contribution in [2.75, 3.05) is 27.8 Å². The Balaban J connectivity index is 2.46. The lowest BCUT2D eigenvalue weighted by Crippen LogP contribution is -2.18. The Kier molecular flexibility index (Phi) is 5.26. The van der Waals surface area contributed by atoms with Crippen molar-refractivity contribution in [2.45, 2.75) is 19.8 Å². The van der Waals surface area contributed by atoms with Crippen LogP contribution in [0.15, 0.2) is 41.6 Å². The van der Waals surface area contributed by atoms with Crippen molar-refractivity contribution in [3.05, 3.63) is 47.2 Å². The molecule has 0 radical (unpaired) electrons. The van der Waals surface area contributed by atoms with Crippen LogP contribution in [0.3, 0.4) is 0 Å². The second-order valence-electron chi connectivity index (χ2n) is 5.37. The van der Waals surface area contributed by atoms with E-state index >= 15 is 0 Å². The molecule has 0 aromatic heterocycles. The molecular formula is C18H23NO3. The number of esters is 1. The summed E-state index contributed by atoms with van der Waals surface area (Å²) in [6.45, 7) is 2.22. The lowest BCUT2D eigenvalue weighted by molar-refractivity contribution is -0.138. The zero-order valence-electron chi connectivity index (χ0n) is 13.7. The number of rotatable bonds is 5. The molecule has 0 unspecified atom stereocenters. The molecule has 118 valence electrons. The fourth-order valence-corrected chi connectivity index (χ4v) is 2.52. The van der Waals surface area contributed by atoms with E-state index in [0.29, 0.717) is 13.0 Å². The predicted molar refractivity (Wildman–Crippen MR) is 87.6 cm³/mol. The third-order valence-electron chi connectivity index (χ3n) is 3.76. The van der Waals surface area contributed by atoms with Crippen LogP contribution in [-0.2, 0) is 9.53 Å². The van der Waals surface area contributed by atoms with E-state index in [-0.39, 0.29) is 5.97 Å². The first-order valence-electron chi connectivity index (χ1n) is 7.49. The third kappa shape index (κ3) is 3.50. The molecule has 0 N–H and O–H groups in total. The highest BCUT2D eigenvalue weighted by atomic mass is 16.5. The monoisotopic (exact) mass is 301 g/mol. The first-order valence-corrected chi connectivity index (χ1v) is 7.49. The molecule has 1 aromatic rings. The molecule has 22 heavy (non-hydrogen) atoms. The summed E-state index contributed by atoms with van der Waals surface area (Å²) in [6.07, 6.45) is 3.63. The van der Waals surface area contributed by atoms with Crippen LogP contribution in [0.25, 0.3) is 5.57 Å². The first kappa shape index (κ1) is 16.1. The van der Waals surface area contributed by atoms with Crippen molar-refractivity contribution in [1.82, 2.24) is 4.90 Å². The molecule has 0 saturated carbocycles. The van der Waals surface area contributed by atoms with E-state index in [1.807, 2.05) is 45.3 Å². The fraction of sp³-hybridized carbons (Fsp3) is 0.389. The number of ether oxygens (including phenoxy) is 2. The van der Waals surface area contributed by atoms with E-state index in [1.54, 1.807) is 7.11 Å². The quantitative estimate of drug-likeness (QED) is 0.783. The molecule has 0 heterocycles. The molecule has 2 rings (SSSR count). The molecule has 0 spiro atoms. The maximum Gasteiger partial charge on any atom is 0.334 e. The largest absolute Gasteiger partial charge is 0.497 e. The smallest absolute Gasteiger partial charge is 0.334 e. The van der Waals surface area contributed by atoms with Crippen LogP contribution < -0.4 is 4.74 Å². The standard InChI is InChI=1S/C18H23NO3/c1-5-22-18(20)16-11-8-14(19(2)3)12-17(16)13-6-9-15(21-4)10-7-13/h6-7,9-10,12H,5,8,11H2,1-4H3. The van der Waals surface area contributed by atoms with Crippen LogP contribution in [0.1, 0.15) is 25.3 Å². The summed E-state index contributed by atoms with van der Waals surface area (Å²) in [6, 6.07) is 7.76. The van der Waals surface area contributed by atoms with Crippen molar-refractivity contribution in [3.63, 3.8) is 0 Å². The normalized spacial score (nSPS) is 14.5. The minimum atomic E-state index is -0.220. The van der Waals surface area contributed by atoms with Crippen molar-refractivity contribution < 1.29 is 14.3 Å². The first-order chi connectivity index (χ1) is 10.6. The van der Waals surface area contributed by atoms with Crippen LogP contribution in [-0.4, -0.2) is 38.7 Å². The van der Waals surface area contributed by atoms with Crippen LogP contribution in [0.4, 0.5) is 0 Å². The molecule has 4 nitrogen and oxygen atoms in total. The van der Waals surface area contributed by atoms with Gasteiger partial charge in [-0.15, -0.1) is 0 Å². The Morgan fingerprint density at radius 2 is 1.86 bits per heavy atom. The number of hydrogen-bond donors (Lipinski definition) is 0. The van der Waals surface area contributed by atoms with Crippen LogP contribution in [0, 0.1) is 0 Å². The summed E-state index contributed by atoms with van der Waals surface area (Å²) in [7, 11) is 5.68. The maximum absolute atomic E-state index is 12.2. The van der Waals surface area contributed by atoms with Gasteiger partial charge in [0.2, 0.25) is 0 Å². The summed E-state index contributed by atoms with van der Waals surface area (Å²) in [5.41, 5.74) is 3.90. The molecule has 1 aliphatic carbocycles. The average molecular weight is 301 g/mol. The number of carbonyl (C=O) groups excluding carboxylic acids is 1. The molecule has 0 bridgehead atoms. The fourth-order valence-electron chi connectivity index (χ4n) is 2.52. The highest BCUT2D eigenvalue weighted by Crippen LogP contribution is 2.33. The topological polar surface area (TPSA) is 38.8 Å². The van der Waals surface area contributed by atoms with Crippen molar-refractivity contribution in [1.29, 1.82) is 0 Å². The molecular weight excluding hydrogens is 278 g/mol. The van der Waals surface area contributed by atoms with E-state index in [9.17, 15) is 4.79 Å².